The van der Waals surface area contributed by atoms with Gasteiger partial charge in [-0.2, -0.15) is 0 Å². The van der Waals surface area contributed by atoms with Crippen LogP contribution in [0.25, 0.3) is 11.4 Å². The topological polar surface area (TPSA) is 69.0 Å². The van der Waals surface area contributed by atoms with E-state index in [0.29, 0.717) is 29.3 Å². The van der Waals surface area contributed by atoms with E-state index in [-0.39, 0.29) is 17.8 Å². The summed E-state index contributed by atoms with van der Waals surface area (Å²) >= 11 is 1.37. The number of carbonyl (C=O) groups is 1. The second-order valence-corrected chi connectivity index (χ2v) is 7.63. The summed E-state index contributed by atoms with van der Waals surface area (Å²) in [5.74, 6) is 0.715. The van der Waals surface area contributed by atoms with Crippen LogP contribution in [0.4, 0.5) is 4.39 Å². The van der Waals surface area contributed by atoms with Gasteiger partial charge in [-0.15, -0.1) is 10.2 Å². The molecule has 0 spiro atoms. The number of hydrogen-bond donors (Lipinski definition) is 1. The van der Waals surface area contributed by atoms with Gasteiger partial charge in [0.1, 0.15) is 5.82 Å². The van der Waals surface area contributed by atoms with Crippen molar-refractivity contribution in [3.8, 4) is 11.4 Å². The van der Waals surface area contributed by atoms with Gasteiger partial charge in [0.2, 0.25) is 5.91 Å². The number of nitrogens with one attached hydrogen (secondary N) is 1. The first kappa shape index (κ1) is 17.5. The molecule has 6 nitrogen and oxygen atoms in total. The molecule has 138 valence electrons. The number of benzene rings is 1. The number of thioether (sulfide) groups is 1. The SMILES string of the molecule is O=C(CSc1nnc(-c2ccc(F)cc2)n1C[C@@H]1CCCO1)NC1CC1. The molecular formula is C18H21FN4O2S. The molecule has 0 unspecified atom stereocenters. The summed E-state index contributed by atoms with van der Waals surface area (Å²) in [6.45, 7) is 1.40. The molecule has 2 aliphatic rings. The number of aromatic nitrogens is 3. The van der Waals surface area contributed by atoms with Crippen molar-refractivity contribution < 1.29 is 13.9 Å². The third-order valence-electron chi connectivity index (χ3n) is 4.50. The normalized spacial score (nSPS) is 19.7. The highest BCUT2D eigenvalue weighted by molar-refractivity contribution is 7.99. The zero-order valence-corrected chi connectivity index (χ0v) is 15.2. The molecule has 2 aromatic rings. The van der Waals surface area contributed by atoms with E-state index < -0.39 is 0 Å². The summed E-state index contributed by atoms with van der Waals surface area (Å²) in [5, 5.41) is 12.2. The van der Waals surface area contributed by atoms with Crippen LogP contribution in [-0.4, -0.2) is 45.2 Å². The third-order valence-corrected chi connectivity index (χ3v) is 5.47. The molecule has 1 saturated carbocycles. The van der Waals surface area contributed by atoms with Crippen LogP contribution in [0.1, 0.15) is 25.7 Å². The summed E-state index contributed by atoms with van der Waals surface area (Å²) in [7, 11) is 0. The van der Waals surface area contributed by atoms with E-state index in [9.17, 15) is 9.18 Å². The van der Waals surface area contributed by atoms with E-state index in [4.69, 9.17) is 4.74 Å². The number of rotatable bonds is 7. The van der Waals surface area contributed by atoms with Gasteiger partial charge >= 0.3 is 0 Å². The molecule has 1 N–H and O–H groups in total. The molecule has 1 amide bonds. The second kappa shape index (κ2) is 7.75. The summed E-state index contributed by atoms with van der Waals surface area (Å²) in [4.78, 5) is 12.0. The van der Waals surface area contributed by atoms with Crippen molar-refractivity contribution in [2.75, 3.05) is 12.4 Å². The molecule has 1 saturated heterocycles. The van der Waals surface area contributed by atoms with Gasteiger partial charge in [-0.3, -0.25) is 9.36 Å². The van der Waals surface area contributed by atoms with Crippen LogP contribution in [0.3, 0.4) is 0 Å². The minimum absolute atomic E-state index is 0.0208. The molecule has 1 aromatic carbocycles. The molecule has 2 heterocycles. The predicted molar refractivity (Wildman–Crippen MR) is 96.3 cm³/mol. The van der Waals surface area contributed by atoms with Crippen molar-refractivity contribution in [1.82, 2.24) is 20.1 Å². The maximum Gasteiger partial charge on any atom is 0.230 e. The number of ether oxygens (including phenoxy) is 1. The van der Waals surface area contributed by atoms with Crippen molar-refractivity contribution in [2.45, 2.75) is 49.5 Å². The molecule has 1 aromatic heterocycles. The molecule has 8 heteroatoms. The Morgan fingerprint density at radius 3 is 2.77 bits per heavy atom. The second-order valence-electron chi connectivity index (χ2n) is 6.69. The number of nitrogens with zero attached hydrogens (tertiary/aromatic N) is 3. The highest BCUT2D eigenvalue weighted by Crippen LogP contribution is 2.27. The van der Waals surface area contributed by atoms with Gasteiger partial charge < -0.3 is 10.1 Å². The standard InChI is InChI=1S/C18H21FN4O2S/c19-13-5-3-12(4-6-13)17-21-22-18(23(17)10-15-2-1-9-25-15)26-11-16(24)20-14-7-8-14/h3-6,14-15H,1-2,7-11H2,(H,20,24)/t15-/m0/s1. The molecule has 0 radical (unpaired) electrons. The summed E-state index contributed by atoms with van der Waals surface area (Å²) in [5.41, 5.74) is 0.797. The summed E-state index contributed by atoms with van der Waals surface area (Å²) in [6, 6.07) is 6.56. The Balaban J connectivity index is 1.53. The highest BCUT2D eigenvalue weighted by atomic mass is 32.2. The predicted octanol–water partition coefficient (Wildman–Crippen LogP) is 2.63. The van der Waals surface area contributed by atoms with Crippen LogP contribution in [0.15, 0.2) is 29.4 Å². The Bertz CT molecular complexity index is 770. The molecular weight excluding hydrogens is 355 g/mol. The molecule has 4 rings (SSSR count). The maximum absolute atomic E-state index is 13.2. The van der Waals surface area contributed by atoms with E-state index in [1.165, 1.54) is 23.9 Å². The van der Waals surface area contributed by atoms with Crippen LogP contribution < -0.4 is 5.32 Å². The Morgan fingerprint density at radius 2 is 2.08 bits per heavy atom. The first-order chi connectivity index (χ1) is 12.7. The van der Waals surface area contributed by atoms with E-state index in [2.05, 4.69) is 15.5 Å². The molecule has 1 aliphatic heterocycles. The lowest BCUT2D eigenvalue weighted by Gasteiger charge is -2.14. The number of hydrogen-bond acceptors (Lipinski definition) is 5. The van der Waals surface area contributed by atoms with Gasteiger partial charge in [0, 0.05) is 18.2 Å². The van der Waals surface area contributed by atoms with E-state index in [1.54, 1.807) is 12.1 Å². The van der Waals surface area contributed by atoms with Gasteiger partial charge in [0.25, 0.3) is 0 Å². The van der Waals surface area contributed by atoms with Crippen LogP contribution in [0.2, 0.25) is 0 Å². The quantitative estimate of drug-likeness (QED) is 0.753. The fourth-order valence-corrected chi connectivity index (χ4v) is 3.75. The van der Waals surface area contributed by atoms with E-state index in [1.807, 2.05) is 4.57 Å². The average molecular weight is 376 g/mol. The Hall–Kier alpha value is -1.93. The van der Waals surface area contributed by atoms with Crippen molar-refractivity contribution in [2.24, 2.45) is 0 Å². The molecule has 0 bridgehead atoms. The summed E-state index contributed by atoms with van der Waals surface area (Å²) in [6.07, 6.45) is 4.30. The molecule has 1 atom stereocenters. The fourth-order valence-electron chi connectivity index (χ4n) is 2.99. The van der Waals surface area contributed by atoms with Crippen molar-refractivity contribution in [1.29, 1.82) is 0 Å². The summed E-state index contributed by atoms with van der Waals surface area (Å²) < 4.78 is 21.0. The Kier molecular flexibility index (Phi) is 5.21. The van der Waals surface area contributed by atoms with Crippen LogP contribution in [0.5, 0.6) is 0 Å². The van der Waals surface area contributed by atoms with Gasteiger partial charge in [-0.25, -0.2) is 4.39 Å². The number of carbonyl (C=O) groups excluding carboxylic acids is 1. The molecule has 2 fully saturated rings. The number of amides is 1. The van der Waals surface area contributed by atoms with Gasteiger partial charge in [0.05, 0.1) is 18.4 Å². The van der Waals surface area contributed by atoms with E-state index >= 15 is 0 Å². The largest absolute Gasteiger partial charge is 0.376 e. The first-order valence-corrected chi connectivity index (χ1v) is 9.90. The Labute approximate surface area is 155 Å². The van der Waals surface area contributed by atoms with Crippen molar-refractivity contribution >= 4 is 17.7 Å². The zero-order valence-electron chi connectivity index (χ0n) is 14.4. The minimum Gasteiger partial charge on any atom is -0.376 e. The fraction of sp³-hybridized carbons (Fsp3) is 0.500. The van der Waals surface area contributed by atoms with Crippen molar-refractivity contribution in [3.05, 3.63) is 30.1 Å². The maximum atomic E-state index is 13.2. The van der Waals surface area contributed by atoms with Crippen LogP contribution in [-0.2, 0) is 16.1 Å². The third kappa shape index (κ3) is 4.24. The van der Waals surface area contributed by atoms with Crippen LogP contribution >= 0.6 is 11.8 Å². The monoisotopic (exact) mass is 376 g/mol. The lowest BCUT2D eigenvalue weighted by atomic mass is 10.2. The number of halogens is 1. The lowest BCUT2D eigenvalue weighted by molar-refractivity contribution is -0.118. The van der Waals surface area contributed by atoms with Crippen LogP contribution in [0, 0.1) is 5.82 Å². The average Bonchev–Trinajstić information content (AvgIpc) is 3.14. The minimum atomic E-state index is -0.287. The van der Waals surface area contributed by atoms with Gasteiger partial charge in [0.15, 0.2) is 11.0 Å². The molecule has 26 heavy (non-hydrogen) atoms. The highest BCUT2D eigenvalue weighted by Gasteiger charge is 2.25. The van der Waals surface area contributed by atoms with Gasteiger partial charge in [-0.05, 0) is 49.9 Å². The first-order valence-electron chi connectivity index (χ1n) is 8.92. The lowest BCUT2D eigenvalue weighted by Crippen LogP contribution is -2.27. The van der Waals surface area contributed by atoms with Gasteiger partial charge in [-0.1, -0.05) is 11.8 Å². The molecule has 1 aliphatic carbocycles. The zero-order chi connectivity index (χ0) is 17.9. The van der Waals surface area contributed by atoms with E-state index in [0.717, 1.165) is 37.9 Å². The smallest absolute Gasteiger partial charge is 0.230 e. The van der Waals surface area contributed by atoms with Crippen molar-refractivity contribution in [3.63, 3.8) is 0 Å². The Morgan fingerprint density at radius 1 is 1.27 bits per heavy atom.